The molecular formula is C13H14O3. The molecule has 0 bridgehead atoms. The van der Waals surface area contributed by atoms with Crippen molar-refractivity contribution in [2.75, 3.05) is 0 Å². The highest BCUT2D eigenvalue weighted by atomic mass is 16.5. The number of para-hydroxylation sites is 1. The van der Waals surface area contributed by atoms with Crippen LogP contribution in [0.4, 0.5) is 0 Å². The molecule has 3 nitrogen and oxygen atoms in total. The molecule has 0 spiro atoms. The van der Waals surface area contributed by atoms with E-state index in [0.717, 1.165) is 12.8 Å². The summed E-state index contributed by atoms with van der Waals surface area (Å²) in [5, 5.41) is 10.6. The molecule has 0 saturated heterocycles. The molecular weight excluding hydrogens is 204 g/mol. The van der Waals surface area contributed by atoms with Crippen molar-refractivity contribution in [3.63, 3.8) is 0 Å². The van der Waals surface area contributed by atoms with Crippen molar-refractivity contribution in [3.05, 3.63) is 29.8 Å². The molecule has 1 saturated carbocycles. The van der Waals surface area contributed by atoms with Crippen LogP contribution in [-0.2, 0) is 10.4 Å². The zero-order chi connectivity index (χ0) is 11.4. The van der Waals surface area contributed by atoms with E-state index in [1.807, 2.05) is 25.1 Å². The molecule has 3 unspecified atom stereocenters. The molecule has 3 rings (SSSR count). The van der Waals surface area contributed by atoms with E-state index < -0.39 is 11.0 Å². The van der Waals surface area contributed by atoms with Gasteiger partial charge in [-0.05, 0) is 18.9 Å². The van der Waals surface area contributed by atoms with Gasteiger partial charge in [-0.15, -0.1) is 0 Å². The van der Waals surface area contributed by atoms with E-state index in [1.165, 1.54) is 0 Å². The maximum absolute atomic E-state index is 11.3. The Balaban J connectivity index is 2.23. The molecule has 0 aromatic heterocycles. The molecule has 1 N–H and O–H groups in total. The molecule has 1 fully saturated rings. The lowest BCUT2D eigenvalue weighted by atomic mass is 9.55. The molecule has 1 aliphatic heterocycles. The van der Waals surface area contributed by atoms with Gasteiger partial charge >= 0.3 is 0 Å². The number of rotatable bonds is 1. The van der Waals surface area contributed by atoms with Crippen molar-refractivity contribution in [2.45, 2.75) is 31.5 Å². The first-order valence-corrected chi connectivity index (χ1v) is 5.57. The minimum Gasteiger partial charge on any atom is -0.489 e. The van der Waals surface area contributed by atoms with E-state index in [2.05, 4.69) is 0 Å². The topological polar surface area (TPSA) is 46.5 Å². The maximum Gasteiger partial charge on any atom is 0.157 e. The first kappa shape index (κ1) is 9.85. The number of hydrogen-bond donors (Lipinski definition) is 1. The third-order valence-corrected chi connectivity index (χ3v) is 4.24. The van der Waals surface area contributed by atoms with Crippen molar-refractivity contribution in [1.82, 2.24) is 0 Å². The van der Waals surface area contributed by atoms with Crippen LogP contribution in [0.1, 0.15) is 25.3 Å². The minimum absolute atomic E-state index is 0.0439. The van der Waals surface area contributed by atoms with Crippen LogP contribution in [0, 0.1) is 5.41 Å². The number of aliphatic hydroxyl groups is 1. The molecule has 3 atom stereocenters. The van der Waals surface area contributed by atoms with Gasteiger partial charge in [0.15, 0.2) is 11.9 Å². The third-order valence-electron chi connectivity index (χ3n) is 4.24. The molecule has 0 radical (unpaired) electrons. The van der Waals surface area contributed by atoms with Crippen LogP contribution >= 0.6 is 0 Å². The van der Waals surface area contributed by atoms with E-state index >= 15 is 0 Å². The van der Waals surface area contributed by atoms with Gasteiger partial charge in [-0.25, -0.2) is 0 Å². The number of fused-ring (bicyclic) bond motifs is 2. The summed E-state index contributed by atoms with van der Waals surface area (Å²) in [6.07, 6.45) is 2.35. The predicted molar refractivity (Wildman–Crippen MR) is 58.2 cm³/mol. The Morgan fingerprint density at radius 2 is 2.25 bits per heavy atom. The summed E-state index contributed by atoms with van der Waals surface area (Å²) < 4.78 is 5.81. The summed E-state index contributed by atoms with van der Waals surface area (Å²) in [4.78, 5) is 11.3. The Labute approximate surface area is 94.0 Å². The van der Waals surface area contributed by atoms with Gasteiger partial charge in [0.2, 0.25) is 0 Å². The lowest BCUT2D eigenvalue weighted by Gasteiger charge is -2.57. The van der Waals surface area contributed by atoms with Gasteiger partial charge < -0.3 is 9.84 Å². The highest BCUT2D eigenvalue weighted by Crippen LogP contribution is 2.58. The van der Waals surface area contributed by atoms with Crippen LogP contribution in [0.15, 0.2) is 24.3 Å². The molecule has 3 heteroatoms. The highest BCUT2D eigenvalue weighted by Gasteiger charge is 2.62. The lowest BCUT2D eigenvalue weighted by Crippen LogP contribution is -2.62. The summed E-state index contributed by atoms with van der Waals surface area (Å²) in [5.41, 5.74) is -1.27. The molecule has 0 amide bonds. The number of carbonyl (C=O) groups excluding carboxylic acids is 1. The number of benzene rings is 1. The zero-order valence-electron chi connectivity index (χ0n) is 9.14. The second-order valence-electron chi connectivity index (χ2n) is 4.94. The molecule has 1 aliphatic carbocycles. The average Bonchev–Trinajstić information content (AvgIpc) is 2.31. The van der Waals surface area contributed by atoms with Crippen LogP contribution in [0.3, 0.4) is 0 Å². The Kier molecular flexibility index (Phi) is 1.76. The first-order chi connectivity index (χ1) is 7.62. The fraction of sp³-hybridized carbons (Fsp3) is 0.462. The van der Waals surface area contributed by atoms with Gasteiger partial charge in [-0.3, -0.25) is 4.79 Å². The molecule has 1 heterocycles. The van der Waals surface area contributed by atoms with Crippen LogP contribution in [0.5, 0.6) is 5.75 Å². The second-order valence-corrected chi connectivity index (χ2v) is 4.94. The van der Waals surface area contributed by atoms with Crippen molar-refractivity contribution in [1.29, 1.82) is 0 Å². The van der Waals surface area contributed by atoms with E-state index in [1.54, 1.807) is 6.07 Å². The molecule has 2 aliphatic rings. The normalized spacial score (nSPS) is 40.0. The fourth-order valence-electron chi connectivity index (χ4n) is 2.86. The van der Waals surface area contributed by atoms with Crippen LogP contribution in [-0.4, -0.2) is 17.5 Å². The zero-order valence-corrected chi connectivity index (χ0v) is 9.14. The summed E-state index contributed by atoms with van der Waals surface area (Å²) in [5.74, 6) is 0.638. The Morgan fingerprint density at radius 1 is 1.50 bits per heavy atom. The van der Waals surface area contributed by atoms with Gasteiger partial charge in [0.05, 0.1) is 0 Å². The summed E-state index contributed by atoms with van der Waals surface area (Å²) in [6, 6.07) is 7.25. The van der Waals surface area contributed by atoms with Gasteiger partial charge in [-0.1, -0.05) is 25.1 Å². The fourth-order valence-corrected chi connectivity index (χ4v) is 2.86. The SMILES string of the molecule is CC12CCC1Oc1ccccc1C2(O)C=O. The smallest absolute Gasteiger partial charge is 0.157 e. The van der Waals surface area contributed by atoms with Gasteiger partial charge in [-0.2, -0.15) is 0 Å². The second kappa shape index (κ2) is 2.86. The van der Waals surface area contributed by atoms with Crippen LogP contribution < -0.4 is 4.74 Å². The van der Waals surface area contributed by atoms with Gasteiger partial charge in [0.1, 0.15) is 11.9 Å². The van der Waals surface area contributed by atoms with Crippen molar-refractivity contribution < 1.29 is 14.6 Å². The lowest BCUT2D eigenvalue weighted by molar-refractivity contribution is -0.194. The first-order valence-electron chi connectivity index (χ1n) is 5.57. The molecule has 1 aromatic carbocycles. The quantitative estimate of drug-likeness (QED) is 0.729. The molecule has 84 valence electrons. The largest absolute Gasteiger partial charge is 0.489 e. The average molecular weight is 218 g/mol. The molecule has 1 aromatic rings. The third kappa shape index (κ3) is 0.901. The summed E-state index contributed by atoms with van der Waals surface area (Å²) in [6.45, 7) is 1.92. The maximum atomic E-state index is 11.3. The number of hydrogen-bond acceptors (Lipinski definition) is 3. The Hall–Kier alpha value is -1.35. The number of aldehydes is 1. The van der Waals surface area contributed by atoms with Crippen LogP contribution in [0.25, 0.3) is 0 Å². The minimum atomic E-state index is -1.40. The van der Waals surface area contributed by atoms with Gasteiger partial charge in [0.25, 0.3) is 0 Å². The van der Waals surface area contributed by atoms with E-state index in [0.29, 0.717) is 17.6 Å². The van der Waals surface area contributed by atoms with Gasteiger partial charge in [0, 0.05) is 11.0 Å². The summed E-state index contributed by atoms with van der Waals surface area (Å²) >= 11 is 0. The Bertz CT molecular complexity index is 456. The van der Waals surface area contributed by atoms with Crippen molar-refractivity contribution in [3.8, 4) is 5.75 Å². The van der Waals surface area contributed by atoms with E-state index in [4.69, 9.17) is 4.74 Å². The van der Waals surface area contributed by atoms with Crippen molar-refractivity contribution in [2.24, 2.45) is 5.41 Å². The predicted octanol–water partition coefficient (Wildman–Crippen LogP) is 1.63. The van der Waals surface area contributed by atoms with Crippen molar-refractivity contribution >= 4 is 6.29 Å². The van der Waals surface area contributed by atoms with Crippen LogP contribution in [0.2, 0.25) is 0 Å². The summed E-state index contributed by atoms with van der Waals surface area (Å²) in [7, 11) is 0. The number of ether oxygens (including phenoxy) is 1. The number of carbonyl (C=O) groups is 1. The monoisotopic (exact) mass is 218 g/mol. The molecule has 16 heavy (non-hydrogen) atoms. The van der Waals surface area contributed by atoms with E-state index in [-0.39, 0.29) is 6.10 Å². The standard InChI is InChI=1S/C13H14O3/c1-12-7-6-11(12)16-10-5-3-2-4-9(10)13(12,15)8-14/h2-5,8,11,15H,6-7H2,1H3. The highest BCUT2D eigenvalue weighted by molar-refractivity contribution is 5.71. The van der Waals surface area contributed by atoms with E-state index in [9.17, 15) is 9.90 Å². The Morgan fingerprint density at radius 3 is 2.88 bits per heavy atom.